The molecule has 30 heavy (non-hydrogen) atoms. The normalized spacial score (nSPS) is 15.9. The van der Waals surface area contributed by atoms with E-state index in [0.717, 1.165) is 34.1 Å². The molecule has 1 fully saturated rings. The van der Waals surface area contributed by atoms with Gasteiger partial charge in [0.05, 0.1) is 28.7 Å². The van der Waals surface area contributed by atoms with Crippen LogP contribution in [0.4, 0.5) is 5.82 Å². The highest BCUT2D eigenvalue weighted by Gasteiger charge is 2.26. The SMILES string of the molecule is COc1ccccc1CCNc1cc(-c2ccc(C(=O)N3CC[C@@H](O)C3)s2)ncn1. The maximum Gasteiger partial charge on any atom is 0.264 e. The van der Waals surface area contributed by atoms with Gasteiger partial charge in [-0.25, -0.2) is 9.97 Å². The van der Waals surface area contributed by atoms with Crippen molar-refractivity contribution < 1.29 is 14.6 Å². The lowest BCUT2D eigenvalue weighted by Gasteiger charge is -2.13. The number of benzene rings is 1. The van der Waals surface area contributed by atoms with Crippen molar-refractivity contribution in [1.82, 2.24) is 14.9 Å². The number of rotatable bonds is 7. The minimum atomic E-state index is -0.417. The van der Waals surface area contributed by atoms with Crippen LogP contribution in [0.25, 0.3) is 10.6 Å². The van der Waals surface area contributed by atoms with Crippen molar-refractivity contribution in [2.75, 3.05) is 32.1 Å². The predicted octanol–water partition coefficient (Wildman–Crippen LogP) is 3.08. The molecule has 4 rings (SSSR count). The Kier molecular flexibility index (Phi) is 6.25. The van der Waals surface area contributed by atoms with Gasteiger partial charge >= 0.3 is 0 Å². The Hall–Kier alpha value is -2.97. The third kappa shape index (κ3) is 4.60. The van der Waals surface area contributed by atoms with E-state index in [1.165, 1.54) is 17.7 Å². The number of hydrogen-bond acceptors (Lipinski definition) is 7. The Morgan fingerprint density at radius 2 is 2.17 bits per heavy atom. The van der Waals surface area contributed by atoms with Crippen LogP contribution in [-0.4, -0.2) is 58.7 Å². The van der Waals surface area contributed by atoms with Gasteiger partial charge in [0.25, 0.3) is 5.91 Å². The predicted molar refractivity (Wildman–Crippen MR) is 117 cm³/mol. The molecule has 3 heterocycles. The van der Waals surface area contributed by atoms with E-state index in [-0.39, 0.29) is 5.91 Å². The molecule has 156 valence electrons. The molecule has 1 aliphatic rings. The van der Waals surface area contributed by atoms with Crippen molar-refractivity contribution in [2.45, 2.75) is 18.9 Å². The first-order chi connectivity index (χ1) is 14.6. The maximum atomic E-state index is 12.6. The second-order valence-electron chi connectivity index (χ2n) is 7.13. The molecule has 8 heteroatoms. The van der Waals surface area contributed by atoms with Crippen molar-refractivity contribution in [1.29, 1.82) is 0 Å². The molecule has 1 saturated heterocycles. The van der Waals surface area contributed by atoms with Gasteiger partial charge in [0.2, 0.25) is 0 Å². The lowest BCUT2D eigenvalue weighted by Crippen LogP contribution is -2.28. The molecular weight excluding hydrogens is 400 g/mol. The van der Waals surface area contributed by atoms with E-state index in [1.54, 1.807) is 12.0 Å². The molecule has 1 amide bonds. The lowest BCUT2D eigenvalue weighted by atomic mass is 10.1. The fraction of sp³-hybridized carbons (Fsp3) is 0.318. The standard InChI is InChI=1S/C22H24N4O3S/c1-29-18-5-3-2-4-15(18)8-10-23-21-12-17(24-14-25-21)19-6-7-20(30-19)22(28)26-11-9-16(27)13-26/h2-7,12,14,16,27H,8-11,13H2,1H3,(H,23,24,25)/t16-/m1/s1. The van der Waals surface area contributed by atoms with Gasteiger partial charge < -0.3 is 20.1 Å². The summed E-state index contributed by atoms with van der Waals surface area (Å²) in [6, 6.07) is 13.6. The van der Waals surface area contributed by atoms with Crippen LogP contribution >= 0.6 is 11.3 Å². The highest BCUT2D eigenvalue weighted by atomic mass is 32.1. The molecule has 0 saturated carbocycles. The van der Waals surface area contributed by atoms with Gasteiger partial charge in [-0.15, -0.1) is 11.3 Å². The number of nitrogens with one attached hydrogen (secondary N) is 1. The molecule has 1 aliphatic heterocycles. The highest BCUT2D eigenvalue weighted by molar-refractivity contribution is 7.17. The van der Waals surface area contributed by atoms with Gasteiger partial charge in [0.15, 0.2) is 0 Å². The van der Waals surface area contributed by atoms with Crippen molar-refractivity contribution in [3.05, 3.63) is 59.2 Å². The van der Waals surface area contributed by atoms with Crippen LogP contribution < -0.4 is 10.1 Å². The summed E-state index contributed by atoms with van der Waals surface area (Å²) in [4.78, 5) is 24.5. The number of carbonyl (C=O) groups excluding carboxylic acids is 1. The van der Waals surface area contributed by atoms with E-state index < -0.39 is 6.10 Å². The number of aromatic nitrogens is 2. The molecule has 2 aromatic heterocycles. The van der Waals surface area contributed by atoms with Crippen molar-refractivity contribution in [3.63, 3.8) is 0 Å². The van der Waals surface area contributed by atoms with Gasteiger partial charge in [-0.1, -0.05) is 18.2 Å². The second-order valence-corrected chi connectivity index (χ2v) is 8.22. The van der Waals surface area contributed by atoms with Gasteiger partial charge in [-0.2, -0.15) is 0 Å². The van der Waals surface area contributed by atoms with Gasteiger partial charge in [0.1, 0.15) is 17.9 Å². The molecule has 2 N–H and O–H groups in total. The average molecular weight is 425 g/mol. The number of carbonyl (C=O) groups is 1. The lowest BCUT2D eigenvalue weighted by molar-refractivity contribution is 0.0769. The van der Waals surface area contributed by atoms with Crippen molar-refractivity contribution in [3.8, 4) is 16.3 Å². The van der Waals surface area contributed by atoms with Gasteiger partial charge in [-0.3, -0.25) is 4.79 Å². The number of likely N-dealkylation sites (tertiary alicyclic amines) is 1. The molecule has 0 bridgehead atoms. The Morgan fingerprint density at radius 3 is 2.97 bits per heavy atom. The topological polar surface area (TPSA) is 87.6 Å². The number of hydrogen-bond donors (Lipinski definition) is 2. The molecule has 3 aromatic rings. The number of amides is 1. The number of ether oxygens (including phenoxy) is 1. The number of aliphatic hydroxyl groups excluding tert-OH is 1. The van der Waals surface area contributed by atoms with Crippen molar-refractivity contribution in [2.24, 2.45) is 0 Å². The maximum absolute atomic E-state index is 12.6. The summed E-state index contributed by atoms with van der Waals surface area (Å²) in [5.41, 5.74) is 1.91. The van der Waals surface area contributed by atoms with E-state index in [0.29, 0.717) is 30.9 Å². The molecule has 0 radical (unpaired) electrons. The van der Waals surface area contributed by atoms with Gasteiger partial charge in [-0.05, 0) is 36.6 Å². The number of nitrogens with zero attached hydrogens (tertiary/aromatic N) is 3. The van der Waals surface area contributed by atoms with E-state index in [4.69, 9.17) is 4.74 Å². The number of para-hydroxylation sites is 1. The van der Waals surface area contributed by atoms with Crippen LogP contribution in [0, 0.1) is 0 Å². The van der Waals surface area contributed by atoms with E-state index in [9.17, 15) is 9.90 Å². The van der Waals surface area contributed by atoms with Crippen molar-refractivity contribution >= 4 is 23.1 Å². The zero-order valence-corrected chi connectivity index (χ0v) is 17.6. The van der Waals surface area contributed by atoms with Crippen LogP contribution in [0.3, 0.4) is 0 Å². The van der Waals surface area contributed by atoms with Crippen LogP contribution in [0.5, 0.6) is 5.75 Å². The highest BCUT2D eigenvalue weighted by Crippen LogP contribution is 2.29. The van der Waals surface area contributed by atoms with Crippen LogP contribution in [0.15, 0.2) is 48.8 Å². The molecule has 1 atom stereocenters. The zero-order valence-electron chi connectivity index (χ0n) is 16.7. The Morgan fingerprint density at radius 1 is 1.30 bits per heavy atom. The third-order valence-corrected chi connectivity index (χ3v) is 6.18. The summed E-state index contributed by atoms with van der Waals surface area (Å²) in [6.45, 7) is 1.71. The Labute approximate surface area is 179 Å². The summed E-state index contributed by atoms with van der Waals surface area (Å²) in [5, 5.41) is 13.0. The first-order valence-electron chi connectivity index (χ1n) is 9.89. The largest absolute Gasteiger partial charge is 0.496 e. The van der Waals surface area contributed by atoms with Crippen LogP contribution in [0.1, 0.15) is 21.7 Å². The van der Waals surface area contributed by atoms with Crippen LogP contribution in [0.2, 0.25) is 0 Å². The minimum absolute atomic E-state index is 0.0352. The first-order valence-corrected chi connectivity index (χ1v) is 10.7. The molecular formula is C22H24N4O3S. The number of β-amino-alcohol motifs (C(OH)–C–C–N with tert-alkyl or cyclic N) is 1. The number of aliphatic hydroxyl groups is 1. The monoisotopic (exact) mass is 424 g/mol. The third-order valence-electron chi connectivity index (χ3n) is 5.08. The number of anilines is 1. The molecule has 0 aliphatic carbocycles. The van der Waals surface area contributed by atoms with E-state index in [2.05, 4.69) is 21.4 Å². The summed E-state index contributed by atoms with van der Waals surface area (Å²) in [7, 11) is 1.68. The zero-order chi connectivity index (χ0) is 20.9. The number of thiophene rings is 1. The molecule has 0 unspecified atom stereocenters. The summed E-state index contributed by atoms with van der Waals surface area (Å²) in [6.07, 6.45) is 2.56. The quantitative estimate of drug-likeness (QED) is 0.606. The summed E-state index contributed by atoms with van der Waals surface area (Å²) < 4.78 is 5.39. The summed E-state index contributed by atoms with van der Waals surface area (Å²) >= 11 is 1.41. The molecule has 7 nitrogen and oxygen atoms in total. The summed E-state index contributed by atoms with van der Waals surface area (Å²) in [5.74, 6) is 1.58. The second kappa shape index (κ2) is 9.23. The van der Waals surface area contributed by atoms with Gasteiger partial charge in [0, 0.05) is 25.7 Å². The van der Waals surface area contributed by atoms with E-state index in [1.807, 2.05) is 36.4 Å². The fourth-order valence-corrected chi connectivity index (χ4v) is 4.44. The van der Waals surface area contributed by atoms with E-state index >= 15 is 0 Å². The number of methoxy groups -OCH3 is 1. The average Bonchev–Trinajstić information content (AvgIpc) is 3.43. The molecule has 1 aromatic carbocycles. The molecule has 0 spiro atoms. The first kappa shape index (κ1) is 20.3. The fourth-order valence-electron chi connectivity index (χ4n) is 3.50. The smallest absolute Gasteiger partial charge is 0.264 e. The minimum Gasteiger partial charge on any atom is -0.496 e. The Balaban J connectivity index is 1.40. The Bertz CT molecular complexity index is 1020. The van der Waals surface area contributed by atoms with Crippen LogP contribution in [-0.2, 0) is 6.42 Å².